The maximum atomic E-state index is 14.0. The minimum absolute atomic E-state index is 0.233. The first-order chi connectivity index (χ1) is 16.0. The van der Waals surface area contributed by atoms with E-state index < -0.39 is 0 Å². The molecule has 4 nitrogen and oxygen atoms in total. The Kier molecular flexibility index (Phi) is 6.10. The van der Waals surface area contributed by atoms with Gasteiger partial charge in [-0.05, 0) is 91.4 Å². The third kappa shape index (κ3) is 4.49. The molecular weight excluding hydrogens is 477 g/mol. The summed E-state index contributed by atoms with van der Waals surface area (Å²) in [5, 5.41) is 5.36. The van der Waals surface area contributed by atoms with E-state index in [-0.39, 0.29) is 17.9 Å². The number of pyridine rings is 1. The molecule has 3 heterocycles. The molecule has 1 aliphatic heterocycles. The van der Waals surface area contributed by atoms with Gasteiger partial charge >= 0.3 is 0 Å². The summed E-state index contributed by atoms with van der Waals surface area (Å²) in [6, 6.07) is 21.7. The van der Waals surface area contributed by atoms with Crippen molar-refractivity contribution in [1.82, 2.24) is 10.3 Å². The molecule has 0 aliphatic carbocycles. The molecule has 1 aliphatic rings. The van der Waals surface area contributed by atoms with Gasteiger partial charge in [-0.1, -0.05) is 29.4 Å². The second-order valence-electron chi connectivity index (χ2n) is 7.64. The number of rotatable bonds is 5. The van der Waals surface area contributed by atoms with E-state index in [0.29, 0.717) is 15.7 Å². The van der Waals surface area contributed by atoms with Crippen LogP contribution in [-0.2, 0) is 0 Å². The monoisotopic (exact) mass is 495 g/mol. The highest BCUT2D eigenvalue weighted by molar-refractivity contribution is 7.99. The molecule has 166 valence electrons. The van der Waals surface area contributed by atoms with E-state index in [1.807, 2.05) is 59.5 Å². The van der Waals surface area contributed by atoms with Crippen LogP contribution in [0.25, 0.3) is 0 Å². The fourth-order valence-corrected chi connectivity index (χ4v) is 5.12. The molecule has 0 radical (unpaired) electrons. The predicted octanol–water partition coefficient (Wildman–Crippen LogP) is 7.10. The molecular formula is C25H19ClFN3OS2. The lowest BCUT2D eigenvalue weighted by atomic mass is 10.0. The first kappa shape index (κ1) is 21.9. The Morgan fingerprint density at radius 2 is 1.91 bits per heavy atom. The molecule has 1 fully saturated rings. The quantitative estimate of drug-likeness (QED) is 0.298. The number of aryl methyl sites for hydroxylation is 1. The van der Waals surface area contributed by atoms with E-state index in [2.05, 4.69) is 10.3 Å². The summed E-state index contributed by atoms with van der Waals surface area (Å²) in [6.45, 7) is 1.74. The first-order valence-corrected chi connectivity index (χ1v) is 11.9. The van der Waals surface area contributed by atoms with Crippen LogP contribution in [0.5, 0.6) is 0 Å². The number of nitrogens with one attached hydrogen (secondary N) is 1. The zero-order valence-electron chi connectivity index (χ0n) is 17.5. The third-order valence-electron chi connectivity index (χ3n) is 5.44. The highest BCUT2D eigenvalue weighted by Crippen LogP contribution is 2.43. The molecule has 33 heavy (non-hydrogen) atoms. The maximum Gasteiger partial charge on any atom is 0.174 e. The normalized spacial score (nSPS) is 17.9. The van der Waals surface area contributed by atoms with Crippen LogP contribution >= 0.6 is 35.6 Å². The van der Waals surface area contributed by atoms with Gasteiger partial charge in [-0.2, -0.15) is 0 Å². The Balaban J connectivity index is 1.53. The van der Waals surface area contributed by atoms with Crippen molar-refractivity contribution in [2.45, 2.75) is 29.0 Å². The smallest absolute Gasteiger partial charge is 0.174 e. The van der Waals surface area contributed by atoms with Gasteiger partial charge in [0.15, 0.2) is 10.2 Å². The van der Waals surface area contributed by atoms with Crippen molar-refractivity contribution in [2.24, 2.45) is 0 Å². The van der Waals surface area contributed by atoms with Crippen molar-refractivity contribution in [3.8, 4) is 0 Å². The number of furan rings is 1. The van der Waals surface area contributed by atoms with E-state index in [0.717, 1.165) is 27.1 Å². The number of aromatic nitrogens is 1. The van der Waals surface area contributed by atoms with Crippen LogP contribution in [0.2, 0.25) is 5.02 Å². The van der Waals surface area contributed by atoms with Crippen LogP contribution in [0.3, 0.4) is 0 Å². The average Bonchev–Trinajstić information content (AvgIpc) is 3.42. The summed E-state index contributed by atoms with van der Waals surface area (Å²) < 4.78 is 20.3. The van der Waals surface area contributed by atoms with Gasteiger partial charge < -0.3 is 14.6 Å². The van der Waals surface area contributed by atoms with Crippen LogP contribution in [0, 0.1) is 12.7 Å². The summed E-state index contributed by atoms with van der Waals surface area (Å²) in [5.41, 5.74) is 2.18. The van der Waals surface area contributed by atoms with Crippen molar-refractivity contribution < 1.29 is 8.81 Å². The molecule has 0 unspecified atom stereocenters. The molecule has 1 N–H and O–H groups in total. The average molecular weight is 496 g/mol. The number of halogens is 2. The third-order valence-corrected chi connectivity index (χ3v) is 6.94. The molecule has 8 heteroatoms. The zero-order chi connectivity index (χ0) is 22.9. The summed E-state index contributed by atoms with van der Waals surface area (Å²) in [7, 11) is 0. The molecule has 2 aromatic heterocycles. The number of benzene rings is 2. The fourth-order valence-electron chi connectivity index (χ4n) is 3.87. The van der Waals surface area contributed by atoms with Gasteiger partial charge in [-0.15, -0.1) is 0 Å². The van der Waals surface area contributed by atoms with Gasteiger partial charge in [0.1, 0.15) is 17.6 Å². The fraction of sp³-hybridized carbons (Fsp3) is 0.120. The van der Waals surface area contributed by atoms with E-state index in [9.17, 15) is 4.39 Å². The molecule has 5 rings (SSSR count). The minimum atomic E-state index is -0.295. The minimum Gasteiger partial charge on any atom is -0.452 e. The first-order valence-electron chi connectivity index (χ1n) is 10.3. The summed E-state index contributed by atoms with van der Waals surface area (Å²) in [6.07, 6.45) is 1.76. The second-order valence-corrected chi connectivity index (χ2v) is 9.54. The predicted molar refractivity (Wildman–Crippen MR) is 133 cm³/mol. The zero-order valence-corrected chi connectivity index (χ0v) is 19.9. The number of thiocarbonyl (C=S) groups is 1. The van der Waals surface area contributed by atoms with Gasteiger partial charge in [-0.3, -0.25) is 4.98 Å². The number of nitrogens with zero attached hydrogens (tertiary/aromatic N) is 2. The van der Waals surface area contributed by atoms with Gasteiger partial charge in [0.25, 0.3) is 0 Å². The summed E-state index contributed by atoms with van der Waals surface area (Å²) in [5.74, 6) is 0.478. The second kappa shape index (κ2) is 9.17. The number of anilines is 1. The molecule has 2 aromatic carbocycles. The Morgan fingerprint density at radius 1 is 1.09 bits per heavy atom. The molecule has 0 bridgehead atoms. The Hall–Kier alpha value is -2.87. The van der Waals surface area contributed by atoms with Crippen LogP contribution < -0.4 is 10.2 Å². The summed E-state index contributed by atoms with van der Waals surface area (Å²) >= 11 is 13.2. The van der Waals surface area contributed by atoms with Gasteiger partial charge in [0.05, 0.1) is 11.7 Å². The van der Waals surface area contributed by atoms with E-state index in [4.69, 9.17) is 28.2 Å². The molecule has 1 saturated heterocycles. The Labute approximate surface area is 205 Å². The van der Waals surface area contributed by atoms with Crippen molar-refractivity contribution in [3.63, 3.8) is 0 Å². The Morgan fingerprint density at radius 3 is 2.64 bits per heavy atom. The number of hydrogen-bond donors (Lipinski definition) is 1. The van der Waals surface area contributed by atoms with Gasteiger partial charge in [-0.25, -0.2) is 4.39 Å². The van der Waals surface area contributed by atoms with Crippen molar-refractivity contribution in [1.29, 1.82) is 0 Å². The summed E-state index contributed by atoms with van der Waals surface area (Å²) in [4.78, 5) is 7.54. The van der Waals surface area contributed by atoms with Crippen molar-refractivity contribution in [2.75, 3.05) is 4.90 Å². The van der Waals surface area contributed by atoms with Crippen molar-refractivity contribution >= 4 is 46.4 Å². The van der Waals surface area contributed by atoms with Crippen LogP contribution in [0.4, 0.5) is 10.1 Å². The maximum absolute atomic E-state index is 14.0. The van der Waals surface area contributed by atoms with Crippen LogP contribution in [0.1, 0.15) is 29.1 Å². The molecule has 0 amide bonds. The van der Waals surface area contributed by atoms with E-state index in [1.54, 1.807) is 25.3 Å². The van der Waals surface area contributed by atoms with Gasteiger partial charge in [0, 0.05) is 21.8 Å². The molecule has 4 aromatic rings. The molecule has 2 atom stereocenters. The lowest BCUT2D eigenvalue weighted by Crippen LogP contribution is -2.29. The highest BCUT2D eigenvalue weighted by Gasteiger charge is 2.42. The Bertz CT molecular complexity index is 1300. The lowest BCUT2D eigenvalue weighted by Gasteiger charge is -2.26. The SMILES string of the molecule is Cc1cc(N2C(=S)N[C@H](c3ccccn3)[C@H]2c2ccc(Sc3ccc(Cl)cc3)o2)ccc1F. The van der Waals surface area contributed by atoms with Crippen LogP contribution in [0.15, 0.2) is 93.4 Å². The van der Waals surface area contributed by atoms with E-state index in [1.165, 1.54) is 17.8 Å². The van der Waals surface area contributed by atoms with Crippen molar-refractivity contribution in [3.05, 3.63) is 107 Å². The number of hydrogen-bond acceptors (Lipinski definition) is 4. The molecule has 0 spiro atoms. The van der Waals surface area contributed by atoms with Gasteiger partial charge in [0.2, 0.25) is 0 Å². The highest BCUT2D eigenvalue weighted by atomic mass is 35.5. The van der Waals surface area contributed by atoms with E-state index >= 15 is 0 Å². The lowest BCUT2D eigenvalue weighted by molar-refractivity contribution is 0.383. The molecule has 0 saturated carbocycles. The van der Waals surface area contributed by atoms with Crippen LogP contribution in [-0.4, -0.2) is 10.1 Å². The topological polar surface area (TPSA) is 41.3 Å². The standard InChI is InChI=1S/C25H19ClFN3OS2/c1-15-14-17(7-10-19(15)27)30-24(23(29-25(30)32)20-4-2-3-13-28-20)21-11-12-22(31-21)33-18-8-5-16(26)6-9-18/h2-14,23-24H,1H3,(H,29,32)/t23-,24-/m1/s1. The largest absolute Gasteiger partial charge is 0.452 e.